The number of halogens is 1. The van der Waals surface area contributed by atoms with Crippen molar-refractivity contribution >= 4 is 28.1 Å². The van der Waals surface area contributed by atoms with Gasteiger partial charge in [-0.1, -0.05) is 6.07 Å². The number of rotatable bonds is 3. The van der Waals surface area contributed by atoms with Crippen molar-refractivity contribution in [1.82, 2.24) is 9.62 Å². The van der Waals surface area contributed by atoms with Gasteiger partial charge in [-0.05, 0) is 13.0 Å². The largest absolute Gasteiger partial charge is 0.312 e. The topological polar surface area (TPSA) is 92.5 Å². The molecule has 0 unspecified atom stereocenters. The van der Waals surface area contributed by atoms with Crippen molar-refractivity contribution in [3.63, 3.8) is 0 Å². The Labute approximate surface area is 123 Å². The van der Waals surface area contributed by atoms with Gasteiger partial charge in [-0.2, -0.15) is 4.31 Å². The highest BCUT2D eigenvalue weighted by atomic mass is 35.5. The number of hydrogen-bond donors (Lipinski definition) is 1. The number of nitro benzene ring substituents is 1. The summed E-state index contributed by atoms with van der Waals surface area (Å²) in [6.07, 6.45) is 0. The number of non-ortho nitro benzene ring substituents is 1. The first kappa shape index (κ1) is 16.8. The highest BCUT2D eigenvalue weighted by Gasteiger charge is 2.29. The van der Waals surface area contributed by atoms with Gasteiger partial charge in [0, 0.05) is 37.8 Å². The third-order valence-corrected chi connectivity index (χ3v) is 4.86. The van der Waals surface area contributed by atoms with Crippen LogP contribution in [0.2, 0.25) is 0 Å². The van der Waals surface area contributed by atoms with Crippen LogP contribution in [-0.4, -0.2) is 43.3 Å². The zero-order valence-electron chi connectivity index (χ0n) is 10.9. The predicted molar refractivity (Wildman–Crippen MR) is 76.6 cm³/mol. The third kappa shape index (κ3) is 3.45. The third-order valence-electron chi connectivity index (χ3n) is 3.00. The molecule has 20 heavy (non-hydrogen) atoms. The molecular weight excluding hydrogens is 306 g/mol. The lowest BCUT2D eigenvalue weighted by Gasteiger charge is -2.30. The van der Waals surface area contributed by atoms with Gasteiger partial charge in [0.1, 0.15) is 0 Å². The zero-order valence-corrected chi connectivity index (χ0v) is 12.5. The van der Waals surface area contributed by atoms with Crippen LogP contribution in [0.5, 0.6) is 0 Å². The number of nitrogens with one attached hydrogen (secondary N) is 1. The Balaban J connectivity index is 0.00000200. The van der Waals surface area contributed by atoms with Crippen molar-refractivity contribution in [3.8, 4) is 0 Å². The van der Waals surface area contributed by atoms with Crippen molar-refractivity contribution < 1.29 is 13.3 Å². The molecule has 112 valence electrons. The molecule has 0 radical (unpaired) electrons. The fourth-order valence-corrected chi connectivity index (χ4v) is 3.59. The number of benzene rings is 1. The molecule has 2 rings (SSSR count). The highest BCUT2D eigenvalue weighted by molar-refractivity contribution is 7.89. The molecule has 0 spiro atoms. The van der Waals surface area contributed by atoms with Gasteiger partial charge in [0.25, 0.3) is 5.69 Å². The van der Waals surface area contributed by atoms with Crippen LogP contribution in [0.3, 0.4) is 0 Å². The van der Waals surface area contributed by atoms with E-state index in [0.29, 0.717) is 19.6 Å². The van der Waals surface area contributed by atoms with Crippen molar-refractivity contribution in [3.05, 3.63) is 34.4 Å². The molecule has 1 aliphatic heterocycles. The monoisotopic (exact) mass is 321 g/mol. The molecule has 0 aliphatic carbocycles. The molecule has 0 saturated carbocycles. The summed E-state index contributed by atoms with van der Waals surface area (Å²) in [4.78, 5) is 10.1. The van der Waals surface area contributed by atoms with E-state index < -0.39 is 14.9 Å². The smallest absolute Gasteiger partial charge is 0.270 e. The Hall–Kier alpha value is -1.22. The van der Waals surface area contributed by atoms with Gasteiger partial charge >= 0.3 is 0 Å². The van der Waals surface area contributed by atoms with Gasteiger partial charge < -0.3 is 5.32 Å². The lowest BCUT2D eigenvalue weighted by atomic mass is 10.3. The first-order valence-corrected chi connectivity index (χ1v) is 7.33. The molecule has 1 aromatic rings. The Kier molecular flexibility index (Phi) is 5.46. The van der Waals surface area contributed by atoms with Gasteiger partial charge in [0.05, 0.1) is 9.82 Å². The molecule has 1 saturated heterocycles. The molecule has 0 amide bonds. The second kappa shape index (κ2) is 6.49. The maximum Gasteiger partial charge on any atom is 0.270 e. The first-order valence-electron chi connectivity index (χ1n) is 5.89. The van der Waals surface area contributed by atoms with Crippen molar-refractivity contribution in [1.29, 1.82) is 0 Å². The maximum atomic E-state index is 12.4. The first-order chi connectivity index (χ1) is 8.91. The minimum Gasteiger partial charge on any atom is -0.312 e. The summed E-state index contributed by atoms with van der Waals surface area (Å²) in [6.45, 7) is 3.21. The van der Waals surface area contributed by atoms with Crippen LogP contribution in [0, 0.1) is 10.1 Å². The summed E-state index contributed by atoms with van der Waals surface area (Å²) in [5, 5.41) is 13.8. The molecule has 0 bridgehead atoms. The summed E-state index contributed by atoms with van der Waals surface area (Å²) in [7, 11) is -3.66. The molecule has 1 atom stereocenters. The Morgan fingerprint density at radius 3 is 2.75 bits per heavy atom. The summed E-state index contributed by atoms with van der Waals surface area (Å²) in [5.41, 5.74) is -0.218. The summed E-state index contributed by atoms with van der Waals surface area (Å²) in [5.74, 6) is 0. The maximum absolute atomic E-state index is 12.4. The van der Waals surface area contributed by atoms with E-state index in [2.05, 4.69) is 5.32 Å². The van der Waals surface area contributed by atoms with E-state index in [4.69, 9.17) is 0 Å². The van der Waals surface area contributed by atoms with Crippen LogP contribution >= 0.6 is 12.4 Å². The van der Waals surface area contributed by atoms with E-state index in [9.17, 15) is 18.5 Å². The molecule has 1 fully saturated rings. The van der Waals surface area contributed by atoms with Crippen LogP contribution < -0.4 is 5.32 Å². The fraction of sp³-hybridized carbons (Fsp3) is 0.455. The Morgan fingerprint density at radius 1 is 1.45 bits per heavy atom. The molecule has 9 heteroatoms. The summed E-state index contributed by atoms with van der Waals surface area (Å²) in [6, 6.07) is 5.22. The van der Waals surface area contributed by atoms with Crippen LogP contribution in [0.25, 0.3) is 0 Å². The molecule has 7 nitrogen and oxygen atoms in total. The second-order valence-corrected chi connectivity index (χ2v) is 6.41. The van der Waals surface area contributed by atoms with E-state index in [1.165, 1.54) is 22.5 Å². The number of nitro groups is 1. The average molecular weight is 322 g/mol. The van der Waals surface area contributed by atoms with Gasteiger partial charge in [-0.15, -0.1) is 12.4 Å². The van der Waals surface area contributed by atoms with E-state index in [1.807, 2.05) is 6.92 Å². The minimum atomic E-state index is -3.66. The predicted octanol–water partition coefficient (Wildman–Crippen LogP) is 0.999. The van der Waals surface area contributed by atoms with Crippen molar-refractivity contribution in [2.24, 2.45) is 0 Å². The van der Waals surface area contributed by atoms with Crippen LogP contribution in [0.4, 0.5) is 5.69 Å². The second-order valence-electron chi connectivity index (χ2n) is 4.47. The Morgan fingerprint density at radius 2 is 2.15 bits per heavy atom. The molecule has 0 aromatic heterocycles. The number of hydrogen-bond acceptors (Lipinski definition) is 5. The van der Waals surface area contributed by atoms with E-state index in [1.54, 1.807) is 0 Å². The highest BCUT2D eigenvalue weighted by Crippen LogP contribution is 2.21. The van der Waals surface area contributed by atoms with Crippen LogP contribution in [0.15, 0.2) is 29.2 Å². The Bertz CT molecular complexity index is 593. The SMILES string of the molecule is C[C@@H]1CN(S(=O)(=O)c2cccc([N+](=O)[O-])c2)CCN1.Cl. The molecule has 1 aliphatic rings. The van der Waals surface area contributed by atoms with Gasteiger partial charge in [0.2, 0.25) is 10.0 Å². The zero-order chi connectivity index (χ0) is 14.0. The minimum absolute atomic E-state index is 0. The van der Waals surface area contributed by atoms with Gasteiger partial charge in [-0.3, -0.25) is 10.1 Å². The van der Waals surface area contributed by atoms with Crippen molar-refractivity contribution in [2.75, 3.05) is 19.6 Å². The number of nitrogens with zero attached hydrogens (tertiary/aromatic N) is 2. The van der Waals surface area contributed by atoms with Crippen LogP contribution in [-0.2, 0) is 10.0 Å². The summed E-state index contributed by atoms with van der Waals surface area (Å²) < 4.78 is 26.1. The standard InChI is InChI=1S/C11H15N3O4S.ClH/c1-9-8-13(6-5-12-9)19(17,18)11-4-2-3-10(7-11)14(15)16;/h2-4,7,9,12H,5-6,8H2,1H3;1H/t9-;/m1./s1. The number of piperazine rings is 1. The van der Waals surface area contributed by atoms with Gasteiger partial charge in [-0.25, -0.2) is 8.42 Å². The van der Waals surface area contributed by atoms with Crippen LogP contribution in [0.1, 0.15) is 6.92 Å². The lowest BCUT2D eigenvalue weighted by Crippen LogP contribution is -2.51. The molecular formula is C11H16ClN3O4S. The van der Waals surface area contributed by atoms with Crippen molar-refractivity contribution in [2.45, 2.75) is 17.9 Å². The number of sulfonamides is 1. The average Bonchev–Trinajstić information content (AvgIpc) is 2.39. The van der Waals surface area contributed by atoms with E-state index >= 15 is 0 Å². The summed E-state index contributed by atoms with van der Waals surface area (Å²) >= 11 is 0. The molecule has 1 aromatic carbocycles. The lowest BCUT2D eigenvalue weighted by molar-refractivity contribution is -0.385. The van der Waals surface area contributed by atoms with E-state index in [-0.39, 0.29) is 29.0 Å². The molecule has 1 N–H and O–H groups in total. The van der Waals surface area contributed by atoms with Gasteiger partial charge in [0.15, 0.2) is 0 Å². The quantitative estimate of drug-likeness (QED) is 0.662. The normalized spacial score (nSPS) is 20.1. The fourth-order valence-electron chi connectivity index (χ4n) is 2.02. The molecule has 1 heterocycles. The van der Waals surface area contributed by atoms with E-state index in [0.717, 1.165) is 6.07 Å².